The third-order valence-corrected chi connectivity index (χ3v) is 5.40. The highest BCUT2D eigenvalue weighted by atomic mass is 35.5. The number of fused-ring (bicyclic) bond motifs is 1. The number of nitrogens with one attached hydrogen (secondary N) is 1. The van der Waals surface area contributed by atoms with Crippen molar-refractivity contribution in [2.24, 2.45) is 0 Å². The Morgan fingerprint density at radius 1 is 1.09 bits per heavy atom. The van der Waals surface area contributed by atoms with Crippen LogP contribution in [0, 0.1) is 0 Å². The van der Waals surface area contributed by atoms with Crippen LogP contribution in [0.3, 0.4) is 0 Å². The summed E-state index contributed by atoms with van der Waals surface area (Å²) in [4.78, 5) is 31.0. The Morgan fingerprint density at radius 2 is 1.88 bits per heavy atom. The first kappa shape index (κ1) is 21.5. The Morgan fingerprint density at radius 3 is 2.62 bits per heavy atom. The first-order valence-corrected chi connectivity index (χ1v) is 10.3. The van der Waals surface area contributed by atoms with Gasteiger partial charge in [0.25, 0.3) is 5.91 Å². The van der Waals surface area contributed by atoms with Crippen molar-refractivity contribution in [3.63, 3.8) is 0 Å². The maximum Gasteiger partial charge on any atom is 0.256 e. The zero-order valence-electron chi connectivity index (χ0n) is 16.7. The number of nitrogens with zero attached hydrogens (tertiary/aromatic N) is 4. The number of hydrogen-bond acceptors (Lipinski definition) is 4. The average Bonchev–Trinajstić information content (AvgIpc) is 3.25. The summed E-state index contributed by atoms with van der Waals surface area (Å²) in [5, 5.41) is 7.80. The number of carbonyl (C=O) groups is 2. The first-order chi connectivity index (χ1) is 15.5. The number of halogens is 2. The molecule has 3 heterocycles. The van der Waals surface area contributed by atoms with Crippen molar-refractivity contribution in [1.29, 1.82) is 0 Å². The summed E-state index contributed by atoms with van der Waals surface area (Å²) < 4.78 is 1.68. The number of anilines is 3. The fourth-order valence-corrected chi connectivity index (χ4v) is 3.73. The number of carbonyl (C=O) groups excluding carboxylic acids is 2. The van der Waals surface area contributed by atoms with Crippen LogP contribution in [0.2, 0.25) is 10.0 Å². The van der Waals surface area contributed by atoms with Crippen LogP contribution in [0.15, 0.2) is 79.8 Å². The van der Waals surface area contributed by atoms with E-state index in [9.17, 15) is 9.59 Å². The highest BCUT2D eigenvalue weighted by molar-refractivity contribution is 6.36. The van der Waals surface area contributed by atoms with E-state index in [0.29, 0.717) is 32.8 Å². The Balaban J connectivity index is 1.61. The fraction of sp³-hybridized carbons (Fsp3) is 0.0435. The number of benzene rings is 1. The van der Waals surface area contributed by atoms with E-state index in [1.54, 1.807) is 59.4 Å². The van der Waals surface area contributed by atoms with Crippen molar-refractivity contribution in [3.8, 4) is 0 Å². The molecule has 0 saturated carbocycles. The van der Waals surface area contributed by atoms with Gasteiger partial charge in [0.15, 0.2) is 0 Å². The van der Waals surface area contributed by atoms with Crippen molar-refractivity contribution in [2.45, 2.75) is 6.42 Å². The maximum atomic E-state index is 12.7. The third kappa shape index (κ3) is 4.49. The van der Waals surface area contributed by atoms with Crippen LogP contribution < -0.4 is 10.2 Å². The van der Waals surface area contributed by atoms with Crippen LogP contribution in [0.1, 0.15) is 5.56 Å². The average molecular weight is 466 g/mol. The van der Waals surface area contributed by atoms with E-state index in [1.165, 1.54) is 17.2 Å². The Kier molecular flexibility index (Phi) is 6.20. The standard InChI is InChI=1S/C23H17Cl2N5O2/c1-2-23(32)30(17-8-11-29-16(13-17)7-10-27-29)21-12-15(6-9-26-21)28-22(31)14-18-19(24)4-3-5-20(18)25/h2-13H,1,14H2,(H,26,28,31). The summed E-state index contributed by atoms with van der Waals surface area (Å²) in [5.41, 5.74) is 2.41. The Labute approximate surface area is 193 Å². The van der Waals surface area contributed by atoms with Gasteiger partial charge < -0.3 is 5.32 Å². The highest BCUT2D eigenvalue weighted by Crippen LogP contribution is 2.28. The van der Waals surface area contributed by atoms with Crippen LogP contribution in [-0.4, -0.2) is 26.4 Å². The number of amides is 2. The fourth-order valence-electron chi connectivity index (χ4n) is 3.20. The molecule has 0 aliphatic rings. The molecule has 0 aliphatic carbocycles. The molecule has 0 bridgehead atoms. The van der Waals surface area contributed by atoms with E-state index in [1.807, 2.05) is 6.07 Å². The van der Waals surface area contributed by atoms with Crippen LogP contribution in [0.5, 0.6) is 0 Å². The molecule has 4 aromatic rings. The second kappa shape index (κ2) is 9.21. The van der Waals surface area contributed by atoms with Crippen molar-refractivity contribution >= 4 is 57.7 Å². The van der Waals surface area contributed by atoms with Gasteiger partial charge in [0.1, 0.15) is 5.82 Å². The normalized spacial score (nSPS) is 10.7. The second-order valence-electron chi connectivity index (χ2n) is 6.79. The lowest BCUT2D eigenvalue weighted by molar-refractivity contribution is -0.115. The van der Waals surface area contributed by atoms with E-state index < -0.39 is 0 Å². The van der Waals surface area contributed by atoms with Crippen molar-refractivity contribution in [2.75, 3.05) is 10.2 Å². The summed E-state index contributed by atoms with van der Waals surface area (Å²) in [6.45, 7) is 3.59. The molecule has 0 fully saturated rings. The molecule has 0 unspecified atom stereocenters. The number of pyridine rings is 2. The molecule has 0 radical (unpaired) electrons. The summed E-state index contributed by atoms with van der Waals surface area (Å²) in [7, 11) is 0. The van der Waals surface area contributed by atoms with Crippen molar-refractivity contribution in [3.05, 3.63) is 95.4 Å². The maximum absolute atomic E-state index is 12.7. The van der Waals surface area contributed by atoms with E-state index in [0.717, 1.165) is 5.52 Å². The second-order valence-corrected chi connectivity index (χ2v) is 7.61. The molecule has 3 aromatic heterocycles. The van der Waals surface area contributed by atoms with Gasteiger partial charge >= 0.3 is 0 Å². The molecule has 2 amide bonds. The Bertz CT molecular complexity index is 1310. The van der Waals surface area contributed by atoms with Crippen molar-refractivity contribution < 1.29 is 9.59 Å². The van der Waals surface area contributed by atoms with E-state index in [2.05, 4.69) is 22.0 Å². The lowest BCUT2D eigenvalue weighted by Gasteiger charge is -2.21. The molecule has 32 heavy (non-hydrogen) atoms. The molecule has 0 aliphatic heterocycles. The van der Waals surface area contributed by atoms with Gasteiger partial charge in [0.05, 0.1) is 17.6 Å². The molecule has 160 valence electrons. The van der Waals surface area contributed by atoms with Gasteiger partial charge in [-0.2, -0.15) is 5.10 Å². The van der Waals surface area contributed by atoms with Gasteiger partial charge in [-0.05, 0) is 48.0 Å². The summed E-state index contributed by atoms with van der Waals surface area (Å²) in [5.74, 6) is -0.348. The van der Waals surface area contributed by atoms with Gasteiger partial charge in [0, 0.05) is 40.4 Å². The van der Waals surface area contributed by atoms with Crippen LogP contribution in [0.4, 0.5) is 17.2 Å². The number of rotatable bonds is 6. The topological polar surface area (TPSA) is 79.6 Å². The molecule has 1 N–H and O–H groups in total. The van der Waals surface area contributed by atoms with Gasteiger partial charge in [-0.25, -0.2) is 9.50 Å². The number of hydrogen-bond donors (Lipinski definition) is 1. The molecular weight excluding hydrogens is 449 g/mol. The predicted octanol–water partition coefficient (Wildman–Crippen LogP) is 5.07. The van der Waals surface area contributed by atoms with E-state index >= 15 is 0 Å². The third-order valence-electron chi connectivity index (χ3n) is 4.69. The molecule has 1 aromatic carbocycles. The van der Waals surface area contributed by atoms with Crippen LogP contribution in [-0.2, 0) is 16.0 Å². The molecule has 0 spiro atoms. The minimum Gasteiger partial charge on any atom is -0.326 e. The summed E-state index contributed by atoms with van der Waals surface area (Å²) in [6, 6.07) is 13.7. The van der Waals surface area contributed by atoms with Crippen LogP contribution in [0.25, 0.3) is 5.52 Å². The van der Waals surface area contributed by atoms with Gasteiger partial charge in [-0.1, -0.05) is 35.8 Å². The van der Waals surface area contributed by atoms with Gasteiger partial charge in [-0.3, -0.25) is 14.5 Å². The minimum absolute atomic E-state index is 0.00332. The SMILES string of the molecule is C=CC(=O)N(c1ccn2nccc2c1)c1cc(NC(=O)Cc2c(Cl)cccc2Cl)ccn1. The summed E-state index contributed by atoms with van der Waals surface area (Å²) >= 11 is 12.3. The lowest BCUT2D eigenvalue weighted by Crippen LogP contribution is -2.25. The van der Waals surface area contributed by atoms with E-state index in [4.69, 9.17) is 23.2 Å². The molecule has 4 rings (SSSR count). The van der Waals surface area contributed by atoms with Crippen LogP contribution >= 0.6 is 23.2 Å². The summed E-state index contributed by atoms with van der Waals surface area (Å²) in [6.07, 6.45) is 6.12. The monoisotopic (exact) mass is 465 g/mol. The van der Waals surface area contributed by atoms with Gasteiger partial charge in [0.2, 0.25) is 5.91 Å². The highest BCUT2D eigenvalue weighted by Gasteiger charge is 2.19. The van der Waals surface area contributed by atoms with Gasteiger partial charge in [-0.15, -0.1) is 0 Å². The molecule has 0 atom stereocenters. The van der Waals surface area contributed by atoms with E-state index in [-0.39, 0.29) is 18.2 Å². The number of aromatic nitrogens is 3. The first-order valence-electron chi connectivity index (χ1n) is 9.55. The zero-order chi connectivity index (χ0) is 22.7. The van der Waals surface area contributed by atoms with Crippen molar-refractivity contribution in [1.82, 2.24) is 14.6 Å². The quantitative estimate of drug-likeness (QED) is 0.403. The molecule has 9 heteroatoms. The predicted molar refractivity (Wildman–Crippen MR) is 126 cm³/mol. The zero-order valence-corrected chi connectivity index (χ0v) is 18.2. The molecular formula is C23H17Cl2N5O2. The largest absolute Gasteiger partial charge is 0.326 e. The minimum atomic E-state index is -0.368. The lowest BCUT2D eigenvalue weighted by atomic mass is 10.1. The molecule has 7 nitrogen and oxygen atoms in total. The Hall–Kier alpha value is -3.68. The molecule has 0 saturated heterocycles. The smallest absolute Gasteiger partial charge is 0.256 e.